The molecule has 186 valence electrons. The maximum absolute atomic E-state index is 13.5. The van der Waals surface area contributed by atoms with Gasteiger partial charge in [0.2, 0.25) is 0 Å². The molecule has 0 saturated carbocycles. The Kier molecular flexibility index (Phi) is 7.20. The van der Waals surface area contributed by atoms with Crippen LogP contribution in [0.1, 0.15) is 36.0 Å². The Morgan fingerprint density at radius 2 is 1.94 bits per heavy atom. The zero-order chi connectivity index (χ0) is 25.1. The first-order valence-corrected chi connectivity index (χ1v) is 11.6. The van der Waals surface area contributed by atoms with Crippen LogP contribution < -0.4 is 5.32 Å². The third-order valence-corrected chi connectivity index (χ3v) is 6.35. The van der Waals surface area contributed by atoms with Crippen LogP contribution in [0.4, 0.5) is 9.18 Å². The number of rotatable bonds is 6. The van der Waals surface area contributed by atoms with Gasteiger partial charge in [-0.25, -0.2) is 14.0 Å². The molecule has 1 aromatic heterocycles. The molecule has 35 heavy (non-hydrogen) atoms. The molecule has 1 N–H and O–H groups in total. The molecule has 10 heteroatoms. The van der Waals surface area contributed by atoms with Gasteiger partial charge in [0.25, 0.3) is 5.91 Å². The highest BCUT2D eigenvalue weighted by Crippen LogP contribution is 2.32. The van der Waals surface area contributed by atoms with Crippen LogP contribution in [0.15, 0.2) is 58.3 Å². The molecule has 3 amide bonds. The largest absolute Gasteiger partial charge is 0.463 e. The number of nitrogens with zero attached hydrogens (tertiary/aromatic N) is 3. The van der Waals surface area contributed by atoms with E-state index in [4.69, 9.17) is 9.15 Å². The van der Waals surface area contributed by atoms with Crippen LogP contribution in [-0.4, -0.2) is 78.5 Å². The Bertz CT molecular complexity index is 1120. The molecule has 0 spiro atoms. The fourth-order valence-electron chi connectivity index (χ4n) is 4.54. The number of carbonyl (C=O) groups is 3. The Hall–Kier alpha value is -3.66. The number of halogens is 1. The summed E-state index contributed by atoms with van der Waals surface area (Å²) in [5, 5.41) is 2.83. The number of ether oxygens (including phenoxy) is 1. The number of benzene rings is 1. The second-order valence-corrected chi connectivity index (χ2v) is 8.63. The number of urea groups is 1. The fraction of sp³-hybridized carbons (Fsp3) is 0.400. The van der Waals surface area contributed by atoms with Gasteiger partial charge >= 0.3 is 12.0 Å². The summed E-state index contributed by atoms with van der Waals surface area (Å²) >= 11 is 0. The van der Waals surface area contributed by atoms with Crippen LogP contribution >= 0.6 is 0 Å². The second kappa shape index (κ2) is 10.3. The molecule has 2 atom stereocenters. The van der Waals surface area contributed by atoms with Crippen molar-refractivity contribution >= 4 is 17.9 Å². The summed E-state index contributed by atoms with van der Waals surface area (Å²) in [6.07, 6.45) is 1.47. The number of esters is 1. The Balaban J connectivity index is 1.61. The van der Waals surface area contributed by atoms with E-state index in [1.54, 1.807) is 43.1 Å². The van der Waals surface area contributed by atoms with Crippen molar-refractivity contribution in [3.05, 3.63) is 71.1 Å². The Labute approximate surface area is 203 Å². The summed E-state index contributed by atoms with van der Waals surface area (Å²) in [4.78, 5) is 43.9. The first-order valence-electron chi connectivity index (χ1n) is 11.6. The third kappa shape index (κ3) is 5.07. The molecular weight excluding hydrogens is 455 g/mol. The molecule has 0 radical (unpaired) electrons. The minimum absolute atomic E-state index is 0.108. The lowest BCUT2D eigenvalue weighted by Crippen LogP contribution is -2.56. The summed E-state index contributed by atoms with van der Waals surface area (Å²) in [6, 6.07) is 7.74. The van der Waals surface area contributed by atoms with Crippen molar-refractivity contribution in [2.45, 2.75) is 25.9 Å². The summed E-state index contributed by atoms with van der Waals surface area (Å²) in [5.74, 6) is -0.822. The van der Waals surface area contributed by atoms with Crippen molar-refractivity contribution < 1.29 is 27.9 Å². The van der Waals surface area contributed by atoms with Gasteiger partial charge in [0.15, 0.2) is 5.76 Å². The molecule has 2 aromatic rings. The molecule has 2 aliphatic rings. The highest BCUT2D eigenvalue weighted by atomic mass is 19.1. The molecule has 4 rings (SSSR count). The molecule has 1 saturated heterocycles. The maximum atomic E-state index is 13.5. The molecule has 2 aliphatic heterocycles. The lowest BCUT2D eigenvalue weighted by molar-refractivity contribution is -0.139. The van der Waals surface area contributed by atoms with Crippen molar-refractivity contribution in [2.75, 3.05) is 39.8 Å². The lowest BCUT2D eigenvalue weighted by Gasteiger charge is -2.42. The van der Waals surface area contributed by atoms with Crippen molar-refractivity contribution in [2.24, 2.45) is 0 Å². The average Bonchev–Trinajstić information content (AvgIpc) is 3.37. The number of piperazine rings is 1. The molecule has 9 nitrogen and oxygen atoms in total. The van der Waals surface area contributed by atoms with E-state index in [2.05, 4.69) is 10.2 Å². The Morgan fingerprint density at radius 3 is 2.57 bits per heavy atom. The van der Waals surface area contributed by atoms with Gasteiger partial charge < -0.3 is 19.4 Å². The Morgan fingerprint density at radius 1 is 1.20 bits per heavy atom. The van der Waals surface area contributed by atoms with Crippen LogP contribution in [-0.2, 0) is 9.53 Å². The topological polar surface area (TPSA) is 95.3 Å². The molecule has 0 bridgehead atoms. The van der Waals surface area contributed by atoms with Gasteiger partial charge in [0.1, 0.15) is 5.82 Å². The molecule has 0 unspecified atom stereocenters. The van der Waals surface area contributed by atoms with Crippen LogP contribution in [0.5, 0.6) is 0 Å². The van der Waals surface area contributed by atoms with E-state index in [1.807, 2.05) is 6.92 Å². The highest BCUT2D eigenvalue weighted by Gasteiger charge is 2.38. The predicted octanol–water partition coefficient (Wildman–Crippen LogP) is 2.78. The summed E-state index contributed by atoms with van der Waals surface area (Å²) < 4.78 is 24.1. The summed E-state index contributed by atoms with van der Waals surface area (Å²) in [5.41, 5.74) is 1.40. The number of amides is 3. The van der Waals surface area contributed by atoms with Gasteiger partial charge in [0.05, 0.1) is 24.5 Å². The second-order valence-electron chi connectivity index (χ2n) is 8.63. The van der Waals surface area contributed by atoms with Gasteiger partial charge in [-0.15, -0.1) is 0 Å². The predicted molar refractivity (Wildman–Crippen MR) is 125 cm³/mol. The SMILES string of the molecule is CCOC(=O)C1=C(CN2CCN(C(=O)c3ccco3)[C@H](C)C2)N(C)C(=O)N[C@H]1c1ccc(F)cc1. The number of hydrogen-bond donors (Lipinski definition) is 1. The zero-order valence-corrected chi connectivity index (χ0v) is 20.0. The van der Waals surface area contributed by atoms with E-state index in [1.165, 1.54) is 23.3 Å². The van der Waals surface area contributed by atoms with Crippen LogP contribution in [0, 0.1) is 5.82 Å². The van der Waals surface area contributed by atoms with Gasteiger partial charge in [-0.05, 0) is 43.7 Å². The van der Waals surface area contributed by atoms with E-state index >= 15 is 0 Å². The van der Waals surface area contributed by atoms with Crippen molar-refractivity contribution in [3.8, 4) is 0 Å². The molecule has 1 fully saturated rings. The number of carbonyl (C=O) groups excluding carboxylic acids is 3. The van der Waals surface area contributed by atoms with Gasteiger partial charge in [-0.1, -0.05) is 12.1 Å². The third-order valence-electron chi connectivity index (χ3n) is 6.35. The first-order chi connectivity index (χ1) is 16.8. The average molecular weight is 485 g/mol. The van der Waals surface area contributed by atoms with Gasteiger partial charge in [0, 0.05) is 45.0 Å². The van der Waals surface area contributed by atoms with Crippen LogP contribution in [0.2, 0.25) is 0 Å². The quantitative estimate of drug-likeness (QED) is 0.634. The number of likely N-dealkylation sites (N-methyl/N-ethyl adjacent to an activating group) is 1. The fourth-order valence-corrected chi connectivity index (χ4v) is 4.54. The number of hydrogen-bond acceptors (Lipinski definition) is 6. The first kappa shape index (κ1) is 24.5. The molecule has 1 aromatic carbocycles. The number of nitrogens with one attached hydrogen (secondary N) is 1. The minimum atomic E-state index is -0.771. The summed E-state index contributed by atoms with van der Waals surface area (Å²) in [6.45, 7) is 5.71. The molecule has 0 aliphatic carbocycles. The van der Waals surface area contributed by atoms with E-state index in [-0.39, 0.29) is 24.6 Å². The van der Waals surface area contributed by atoms with E-state index < -0.39 is 17.8 Å². The van der Waals surface area contributed by atoms with Crippen LogP contribution in [0.25, 0.3) is 0 Å². The molecular formula is C25H29FN4O5. The highest BCUT2D eigenvalue weighted by molar-refractivity contribution is 5.95. The summed E-state index contributed by atoms with van der Waals surface area (Å²) in [7, 11) is 1.60. The van der Waals surface area contributed by atoms with Gasteiger partial charge in [-0.2, -0.15) is 0 Å². The van der Waals surface area contributed by atoms with E-state index in [0.717, 1.165) is 0 Å². The lowest BCUT2D eigenvalue weighted by atomic mass is 9.94. The number of furan rings is 1. The van der Waals surface area contributed by atoms with E-state index in [9.17, 15) is 18.8 Å². The normalized spacial score (nSPS) is 21.2. The van der Waals surface area contributed by atoms with E-state index in [0.29, 0.717) is 48.8 Å². The van der Waals surface area contributed by atoms with Crippen LogP contribution in [0.3, 0.4) is 0 Å². The van der Waals surface area contributed by atoms with Gasteiger partial charge in [-0.3, -0.25) is 14.6 Å². The standard InChI is InChI=1S/C25H29FN4O5/c1-4-34-24(32)21-19(28(3)25(33)27-22(21)17-7-9-18(26)10-8-17)15-29-11-12-30(16(2)14-29)23(31)20-6-5-13-35-20/h5-10,13,16,22H,4,11-12,14-15H2,1-3H3,(H,27,33)/t16-,22+/m1/s1. The minimum Gasteiger partial charge on any atom is -0.463 e. The molecule has 3 heterocycles. The van der Waals surface area contributed by atoms with Crippen molar-refractivity contribution in [1.29, 1.82) is 0 Å². The van der Waals surface area contributed by atoms with Crippen molar-refractivity contribution in [3.63, 3.8) is 0 Å². The zero-order valence-electron chi connectivity index (χ0n) is 20.0. The van der Waals surface area contributed by atoms with Crippen molar-refractivity contribution in [1.82, 2.24) is 20.0 Å². The maximum Gasteiger partial charge on any atom is 0.338 e. The monoisotopic (exact) mass is 484 g/mol. The smallest absolute Gasteiger partial charge is 0.338 e.